The van der Waals surface area contributed by atoms with Gasteiger partial charge in [-0.1, -0.05) is 5.79 Å². The van der Waals surface area contributed by atoms with Gasteiger partial charge in [0.05, 0.1) is 0 Å². The van der Waals surface area contributed by atoms with Crippen LogP contribution in [0.4, 0.5) is 0 Å². The summed E-state index contributed by atoms with van der Waals surface area (Å²) in [4.78, 5) is 0. The standard InChI is InChI=1S/C2H4S2.CH3.Al/c3-1-2-4;;/h1-4H;1H3;/q;;+2/p-2. The Bertz CT molecular complexity index is 63.2. The third-order valence-corrected chi connectivity index (χ3v) is 7.36. The van der Waals surface area contributed by atoms with Gasteiger partial charge < -0.3 is 0 Å². The Hall–Kier alpha value is 0.972. The van der Waals surface area contributed by atoms with Crippen molar-refractivity contribution in [2.75, 3.05) is 0 Å². The lowest BCUT2D eigenvalue weighted by atomic mass is 11.3. The van der Waals surface area contributed by atoms with E-state index < -0.39 is 0 Å². The normalized spacial score (nSPS) is 19.8. The fraction of sp³-hybridized carbons (Fsp3) is 0.333. The topological polar surface area (TPSA) is 0 Å². The smallest absolute Gasteiger partial charge is 0.214 e. The lowest BCUT2D eigenvalue weighted by molar-refractivity contribution is 2.36. The highest BCUT2D eigenvalue weighted by Crippen LogP contribution is 2.28. The predicted octanol–water partition coefficient (Wildman–Crippen LogP) is 2.06. The zero-order valence-corrected chi connectivity index (χ0v) is 6.34. The minimum atomic E-state index is -0.327. The summed E-state index contributed by atoms with van der Waals surface area (Å²) in [5.41, 5.74) is 0. The molecule has 0 aromatic carbocycles. The van der Waals surface area contributed by atoms with Crippen molar-refractivity contribution in [2.45, 2.75) is 5.79 Å². The highest BCUT2D eigenvalue weighted by Gasteiger charge is 2.12. The summed E-state index contributed by atoms with van der Waals surface area (Å²) in [5, 5.41) is 4.39. The van der Waals surface area contributed by atoms with Crippen molar-refractivity contribution in [3.8, 4) is 0 Å². The van der Waals surface area contributed by atoms with Crippen LogP contribution in [0.3, 0.4) is 0 Å². The van der Waals surface area contributed by atoms with Crippen LogP contribution < -0.4 is 0 Å². The molecular formula is C3H5AlS2. The monoisotopic (exact) mass is 132 g/mol. The summed E-state index contributed by atoms with van der Waals surface area (Å²) in [6, 6.07) is 0. The van der Waals surface area contributed by atoms with Crippen molar-refractivity contribution >= 4 is 32.1 Å². The number of rotatable bonds is 0. The van der Waals surface area contributed by atoms with Crippen molar-refractivity contribution < 1.29 is 0 Å². The molecule has 3 heteroatoms. The van der Waals surface area contributed by atoms with Gasteiger partial charge in [0.1, 0.15) is 0 Å². The van der Waals surface area contributed by atoms with Gasteiger partial charge in [0.15, 0.2) is 0 Å². The summed E-state index contributed by atoms with van der Waals surface area (Å²) >= 11 is -0.327. The Kier molecular flexibility index (Phi) is 1.98. The fourth-order valence-electron chi connectivity index (χ4n) is 0.318. The van der Waals surface area contributed by atoms with E-state index in [0.29, 0.717) is 0 Å². The Morgan fingerprint density at radius 2 is 1.83 bits per heavy atom. The Morgan fingerprint density at radius 1 is 1.33 bits per heavy atom. The first-order chi connectivity index (χ1) is 2.89. The maximum Gasteiger partial charge on any atom is 0.436 e. The first-order valence-corrected chi connectivity index (χ1v) is 7.72. The summed E-state index contributed by atoms with van der Waals surface area (Å²) in [7, 11) is 4.04. The van der Waals surface area contributed by atoms with Gasteiger partial charge in [-0.25, -0.2) is 20.3 Å². The number of hydrogen-bond acceptors (Lipinski definition) is 2. The highest BCUT2D eigenvalue weighted by atomic mass is 32.5. The summed E-state index contributed by atoms with van der Waals surface area (Å²) in [5.74, 6) is 2.34. The Labute approximate surface area is 48.9 Å². The van der Waals surface area contributed by atoms with Crippen molar-refractivity contribution in [3.63, 3.8) is 0 Å². The van der Waals surface area contributed by atoms with E-state index in [1.54, 1.807) is 0 Å². The molecule has 1 rings (SSSR count). The summed E-state index contributed by atoms with van der Waals surface area (Å²) in [6.07, 6.45) is 0. The lowest BCUT2D eigenvalue weighted by Crippen LogP contribution is -1.82. The van der Waals surface area contributed by atoms with Crippen LogP contribution in [0.5, 0.6) is 0 Å². The Balaban J connectivity index is 2.32. The van der Waals surface area contributed by atoms with Crippen LogP contribution in [-0.4, -0.2) is 11.9 Å². The van der Waals surface area contributed by atoms with E-state index in [1.165, 1.54) is 0 Å². The van der Waals surface area contributed by atoms with Crippen LogP contribution in [0, 0.1) is 0 Å². The largest absolute Gasteiger partial charge is 0.436 e. The van der Waals surface area contributed by atoms with E-state index in [1.807, 2.05) is 20.3 Å². The maximum atomic E-state index is 2.34. The third-order valence-electron chi connectivity index (χ3n) is 0.596. The third kappa shape index (κ3) is 1.23. The second kappa shape index (κ2) is 2.32. The molecule has 32 valence electrons. The Morgan fingerprint density at radius 3 is 2.00 bits per heavy atom. The summed E-state index contributed by atoms with van der Waals surface area (Å²) < 4.78 is 0. The van der Waals surface area contributed by atoms with Crippen LogP contribution in [0.25, 0.3) is 0 Å². The van der Waals surface area contributed by atoms with Crippen molar-refractivity contribution in [3.05, 3.63) is 10.8 Å². The molecule has 0 amide bonds. The van der Waals surface area contributed by atoms with Gasteiger partial charge in [0.2, 0.25) is 0 Å². The predicted molar refractivity (Wildman–Crippen MR) is 35.9 cm³/mol. The molecule has 0 N–H and O–H groups in total. The van der Waals surface area contributed by atoms with Crippen LogP contribution in [0.2, 0.25) is 5.79 Å². The molecule has 0 aliphatic carbocycles. The molecule has 0 bridgehead atoms. The van der Waals surface area contributed by atoms with E-state index in [0.717, 1.165) is 0 Å². The van der Waals surface area contributed by atoms with Crippen LogP contribution >= 0.6 is 20.3 Å². The molecule has 1 heterocycles. The van der Waals surface area contributed by atoms with E-state index >= 15 is 0 Å². The molecule has 1 aliphatic heterocycles. The van der Waals surface area contributed by atoms with Crippen molar-refractivity contribution in [1.29, 1.82) is 0 Å². The molecule has 1 aliphatic rings. The molecule has 0 fully saturated rings. The van der Waals surface area contributed by atoms with Gasteiger partial charge in [-0.3, -0.25) is 0 Å². The molecule has 0 saturated carbocycles. The van der Waals surface area contributed by atoms with Crippen LogP contribution in [-0.2, 0) is 0 Å². The molecule has 0 unspecified atom stereocenters. The summed E-state index contributed by atoms with van der Waals surface area (Å²) in [6.45, 7) is 0. The van der Waals surface area contributed by atoms with Gasteiger partial charge in [-0.15, -0.1) is 0 Å². The molecular weight excluding hydrogens is 127 g/mol. The average Bonchev–Trinajstić information content (AvgIpc) is 1.86. The van der Waals surface area contributed by atoms with Crippen molar-refractivity contribution in [2.24, 2.45) is 0 Å². The molecule has 0 radical (unpaired) electrons. The van der Waals surface area contributed by atoms with Gasteiger partial charge in [0.25, 0.3) is 0 Å². The first-order valence-electron chi connectivity index (χ1n) is 1.85. The van der Waals surface area contributed by atoms with E-state index in [2.05, 4.69) is 16.6 Å². The molecule has 6 heavy (non-hydrogen) atoms. The fourth-order valence-corrected chi connectivity index (χ4v) is 5.74. The zero-order chi connectivity index (χ0) is 4.41. The van der Waals surface area contributed by atoms with Crippen LogP contribution in [0.1, 0.15) is 0 Å². The second-order valence-electron chi connectivity index (χ2n) is 1.11. The van der Waals surface area contributed by atoms with E-state index in [4.69, 9.17) is 0 Å². The van der Waals surface area contributed by atoms with Gasteiger partial charge in [-0.2, -0.15) is 0 Å². The van der Waals surface area contributed by atoms with Gasteiger partial charge in [0, 0.05) is 0 Å². The molecule has 0 aromatic rings. The lowest BCUT2D eigenvalue weighted by Gasteiger charge is -1.81. The SMILES string of the molecule is [CH3][Al]1[S]C=C[S]1. The van der Waals surface area contributed by atoms with E-state index in [9.17, 15) is 0 Å². The first kappa shape index (κ1) is 5.12. The average molecular weight is 132 g/mol. The second-order valence-corrected chi connectivity index (χ2v) is 10.1. The van der Waals surface area contributed by atoms with Gasteiger partial charge >= 0.3 is 11.9 Å². The molecule has 0 saturated heterocycles. The van der Waals surface area contributed by atoms with Gasteiger partial charge in [-0.05, 0) is 10.8 Å². The minimum Gasteiger partial charge on any atom is -0.214 e. The molecule has 0 spiro atoms. The molecule has 0 atom stereocenters. The minimum absolute atomic E-state index is 0.327. The number of hydrogen-bond donors (Lipinski definition) is 0. The van der Waals surface area contributed by atoms with E-state index in [-0.39, 0.29) is 11.9 Å². The highest BCUT2D eigenvalue weighted by molar-refractivity contribution is 8.58. The molecule has 0 nitrogen and oxygen atoms in total. The zero-order valence-electron chi connectivity index (χ0n) is 3.55. The quantitative estimate of drug-likeness (QED) is 0.463. The maximum absolute atomic E-state index is 2.34. The van der Waals surface area contributed by atoms with Crippen molar-refractivity contribution in [1.82, 2.24) is 0 Å². The molecule has 0 aromatic heterocycles. The van der Waals surface area contributed by atoms with Crippen LogP contribution in [0.15, 0.2) is 10.8 Å².